The number of hydrogen-bond acceptors (Lipinski definition) is 12. The molecule has 0 saturated carbocycles. The molecule has 244 valence electrons. The van der Waals surface area contributed by atoms with Gasteiger partial charge in [0.2, 0.25) is 11.5 Å². The number of aromatic nitrogens is 6. The monoisotopic (exact) mass is 630 g/mol. The summed E-state index contributed by atoms with van der Waals surface area (Å²) in [5, 5.41) is 22.9. The molecular weight excluding hydrogens is 588 g/mol. The lowest BCUT2D eigenvalue weighted by molar-refractivity contribution is 0.324. The fourth-order valence-electron chi connectivity index (χ4n) is 4.26. The molecule has 2 N–H and O–H groups in total. The molecule has 0 radical (unpaired) electrons. The lowest BCUT2D eigenvalue weighted by Gasteiger charge is -2.24. The van der Waals surface area contributed by atoms with Crippen molar-refractivity contribution in [2.75, 3.05) is 0 Å². The maximum Gasteiger partial charge on any atom is 0.328 e. The topological polar surface area (TPSA) is 155 Å². The smallest absolute Gasteiger partial charge is 0.328 e. The van der Waals surface area contributed by atoms with E-state index in [0.717, 1.165) is 11.1 Å². The van der Waals surface area contributed by atoms with Gasteiger partial charge in [0.1, 0.15) is 11.6 Å². The Balaban J connectivity index is 1.83. The molecule has 12 nitrogen and oxygen atoms in total. The summed E-state index contributed by atoms with van der Waals surface area (Å²) in [6, 6.07) is 6.26. The largest absolute Gasteiger partial charge is 0.502 e. The SMILES string of the molecule is CC(C)(C)c1cc2c(O)c(c1)Oc1nc(nc(C(C)(C)C)n1)Oc1cc(C(C)(C)C)cc(c1O)Oc1nc(nc(C(C)(C)C)n1)O2. The van der Waals surface area contributed by atoms with Crippen LogP contribution in [0.3, 0.4) is 0 Å². The van der Waals surface area contributed by atoms with Gasteiger partial charge in [0.25, 0.3) is 0 Å². The number of phenols is 2. The summed E-state index contributed by atoms with van der Waals surface area (Å²) in [4.78, 5) is 27.0. The minimum absolute atomic E-state index is 0.0352. The fourth-order valence-corrected chi connectivity index (χ4v) is 4.26. The van der Waals surface area contributed by atoms with Crippen molar-refractivity contribution in [2.24, 2.45) is 0 Å². The van der Waals surface area contributed by atoms with Gasteiger partial charge in [0, 0.05) is 10.8 Å². The third-order valence-electron chi connectivity index (χ3n) is 7.15. The average molecular weight is 631 g/mol. The first kappa shape index (κ1) is 32.6. The summed E-state index contributed by atoms with van der Waals surface area (Å²) in [6.07, 6.45) is 0. The van der Waals surface area contributed by atoms with Gasteiger partial charge in [0.15, 0.2) is 23.0 Å². The first-order valence-corrected chi connectivity index (χ1v) is 15.1. The molecule has 0 unspecified atom stereocenters. The summed E-state index contributed by atoms with van der Waals surface area (Å²) in [7, 11) is 0. The van der Waals surface area contributed by atoms with Gasteiger partial charge in [-0.15, -0.1) is 9.97 Å². The van der Waals surface area contributed by atoms with Crippen LogP contribution >= 0.6 is 0 Å². The molecule has 2 aromatic carbocycles. The number of hydrogen-bond donors (Lipinski definition) is 2. The van der Waals surface area contributed by atoms with Gasteiger partial charge in [-0.3, -0.25) is 0 Å². The van der Waals surface area contributed by atoms with Crippen molar-refractivity contribution < 1.29 is 29.2 Å². The standard InChI is InChI=1S/C34H42N6O6/c1-31(2,3)17-13-19-23(41)20(14-17)44-28-36-26(34(10,11)12)38-30(40-28)46-22-16-18(32(4,5)6)15-21(24(22)42)45-29-37-25(33(7,8)9)35-27(39-29)43-19/h13-16,41-42H,1-12H3. The number of fused-ring (bicyclic) bond motifs is 8. The first-order chi connectivity index (χ1) is 21.1. The lowest BCUT2D eigenvalue weighted by Crippen LogP contribution is -2.18. The quantitative estimate of drug-likeness (QED) is 0.170. The molecule has 0 fully saturated rings. The Morgan fingerprint density at radius 1 is 0.391 bits per heavy atom. The second-order valence-corrected chi connectivity index (χ2v) is 15.5. The van der Waals surface area contributed by atoms with E-state index in [-0.39, 0.29) is 69.4 Å². The van der Waals surface area contributed by atoms with Crippen LogP contribution in [0.2, 0.25) is 0 Å². The Kier molecular flexibility index (Phi) is 7.78. The van der Waals surface area contributed by atoms with Gasteiger partial charge < -0.3 is 29.2 Å². The highest BCUT2D eigenvalue weighted by Crippen LogP contribution is 2.46. The molecule has 4 aromatic rings. The highest BCUT2D eigenvalue weighted by Gasteiger charge is 2.29. The first-order valence-electron chi connectivity index (χ1n) is 15.1. The Labute approximate surface area is 269 Å². The van der Waals surface area contributed by atoms with Crippen LogP contribution in [0.15, 0.2) is 24.3 Å². The number of nitrogens with zero attached hydrogens (tertiary/aromatic N) is 6. The van der Waals surface area contributed by atoms with E-state index in [1.807, 2.05) is 83.1 Å². The van der Waals surface area contributed by atoms with Crippen LogP contribution in [0.25, 0.3) is 0 Å². The summed E-state index contributed by atoms with van der Waals surface area (Å²) >= 11 is 0. The van der Waals surface area contributed by atoms with Crippen molar-refractivity contribution >= 4 is 0 Å². The Morgan fingerprint density at radius 3 is 0.826 bits per heavy atom. The zero-order valence-electron chi connectivity index (χ0n) is 28.5. The second-order valence-electron chi connectivity index (χ2n) is 15.5. The molecule has 1 aliphatic heterocycles. The number of aromatic hydroxyl groups is 2. The number of ether oxygens (including phenoxy) is 4. The molecule has 0 atom stereocenters. The molecule has 46 heavy (non-hydrogen) atoms. The lowest BCUT2D eigenvalue weighted by atomic mass is 9.86. The van der Waals surface area contributed by atoms with E-state index >= 15 is 0 Å². The molecule has 12 heteroatoms. The van der Waals surface area contributed by atoms with Gasteiger partial charge in [-0.05, 0) is 46.2 Å². The molecule has 0 spiro atoms. The van der Waals surface area contributed by atoms with Crippen molar-refractivity contribution in [2.45, 2.75) is 105 Å². The van der Waals surface area contributed by atoms with Gasteiger partial charge in [-0.2, -0.15) is 19.9 Å². The van der Waals surface area contributed by atoms with Crippen molar-refractivity contribution in [3.8, 4) is 58.5 Å². The van der Waals surface area contributed by atoms with Crippen LogP contribution in [-0.4, -0.2) is 40.1 Å². The third kappa shape index (κ3) is 6.90. The summed E-state index contributed by atoms with van der Waals surface area (Å²) in [5.41, 5.74) is -0.246. The van der Waals surface area contributed by atoms with Crippen molar-refractivity contribution in [1.29, 1.82) is 0 Å². The van der Waals surface area contributed by atoms with E-state index in [1.54, 1.807) is 24.3 Å². The van der Waals surface area contributed by atoms with Crippen molar-refractivity contribution in [3.63, 3.8) is 0 Å². The molecule has 0 saturated heterocycles. The van der Waals surface area contributed by atoms with Crippen LogP contribution in [0.5, 0.6) is 58.5 Å². The molecular formula is C34H42N6O6. The zero-order chi connectivity index (χ0) is 34.0. The summed E-state index contributed by atoms with van der Waals surface area (Å²) in [6.45, 7) is 23.7. The van der Waals surface area contributed by atoms with E-state index in [4.69, 9.17) is 18.9 Å². The van der Waals surface area contributed by atoms with Gasteiger partial charge in [-0.25, -0.2) is 0 Å². The Morgan fingerprint density at radius 2 is 0.630 bits per heavy atom. The van der Waals surface area contributed by atoms with E-state index in [1.165, 1.54) is 0 Å². The second kappa shape index (κ2) is 11.0. The zero-order valence-corrected chi connectivity index (χ0v) is 28.5. The summed E-state index contributed by atoms with van der Waals surface area (Å²) in [5.74, 6) is 0.224. The van der Waals surface area contributed by atoms with E-state index in [9.17, 15) is 10.2 Å². The van der Waals surface area contributed by atoms with Crippen molar-refractivity contribution in [3.05, 3.63) is 47.0 Å². The Bertz CT molecular complexity index is 1590. The van der Waals surface area contributed by atoms with Gasteiger partial charge >= 0.3 is 24.0 Å². The number of rotatable bonds is 0. The highest BCUT2D eigenvalue weighted by atomic mass is 16.5. The molecule has 3 heterocycles. The van der Waals surface area contributed by atoms with Gasteiger partial charge in [0.05, 0.1) is 0 Å². The predicted octanol–water partition coefficient (Wildman–Crippen LogP) is 8.14. The molecule has 0 amide bonds. The predicted molar refractivity (Wildman–Crippen MR) is 171 cm³/mol. The maximum atomic E-state index is 11.4. The van der Waals surface area contributed by atoms with E-state index in [2.05, 4.69) is 29.9 Å². The van der Waals surface area contributed by atoms with Crippen molar-refractivity contribution in [1.82, 2.24) is 29.9 Å². The summed E-state index contributed by atoms with van der Waals surface area (Å²) < 4.78 is 24.6. The third-order valence-corrected chi connectivity index (χ3v) is 7.15. The van der Waals surface area contributed by atoms with Crippen LogP contribution < -0.4 is 18.9 Å². The minimum atomic E-state index is -0.538. The van der Waals surface area contributed by atoms with Gasteiger partial charge in [-0.1, -0.05) is 83.1 Å². The van der Waals surface area contributed by atoms with Crippen LogP contribution in [0.4, 0.5) is 0 Å². The fraction of sp³-hybridized carbons (Fsp3) is 0.471. The molecule has 2 aromatic heterocycles. The molecule has 0 aliphatic carbocycles. The molecule has 1 aliphatic rings. The normalized spacial score (nSPS) is 13.7. The molecule has 8 bridgehead atoms. The number of phenolic OH excluding ortho intramolecular Hbond substituents is 2. The maximum absolute atomic E-state index is 11.4. The minimum Gasteiger partial charge on any atom is -0.502 e. The average Bonchev–Trinajstić information content (AvgIpc) is 2.90. The van der Waals surface area contributed by atoms with Crippen LogP contribution in [0.1, 0.15) is 106 Å². The van der Waals surface area contributed by atoms with E-state index < -0.39 is 10.8 Å². The highest BCUT2D eigenvalue weighted by molar-refractivity contribution is 5.57. The van der Waals surface area contributed by atoms with E-state index in [0.29, 0.717) is 11.6 Å². The van der Waals surface area contributed by atoms with Crippen LogP contribution in [0, 0.1) is 0 Å². The molecule has 5 rings (SSSR count). The Hall–Kier alpha value is -4.74. The van der Waals surface area contributed by atoms with Crippen LogP contribution in [-0.2, 0) is 21.7 Å². The number of benzene rings is 2.